The first-order valence-corrected chi connectivity index (χ1v) is 7.30. The summed E-state index contributed by atoms with van der Waals surface area (Å²) in [6.07, 6.45) is 0. The van der Waals surface area contributed by atoms with Crippen molar-refractivity contribution in [3.05, 3.63) is 33.4 Å². The maximum Gasteiger partial charge on any atom is 0.128 e. The van der Waals surface area contributed by atoms with Crippen molar-refractivity contribution in [3.8, 4) is 17.0 Å². The highest BCUT2D eigenvalue weighted by Gasteiger charge is 2.20. The maximum atomic E-state index is 5.54. The van der Waals surface area contributed by atoms with E-state index in [9.17, 15) is 0 Å². The van der Waals surface area contributed by atoms with Gasteiger partial charge in [-0.15, -0.1) is 0 Å². The Bertz CT molecular complexity index is 635. The molecule has 0 bridgehead atoms. The van der Waals surface area contributed by atoms with Crippen LogP contribution in [0.2, 0.25) is 0 Å². The lowest BCUT2D eigenvalue weighted by atomic mass is 10.0. The summed E-state index contributed by atoms with van der Waals surface area (Å²) < 4.78 is 8.45. The molecule has 2 rings (SSSR count). The van der Waals surface area contributed by atoms with Crippen molar-refractivity contribution in [1.29, 1.82) is 0 Å². The molecule has 0 fully saturated rings. The van der Waals surface area contributed by atoms with Crippen LogP contribution in [0, 0.1) is 13.8 Å². The Kier molecular flexibility index (Phi) is 4.50. The molecule has 5 heteroatoms. The molecule has 0 radical (unpaired) electrons. The van der Waals surface area contributed by atoms with Gasteiger partial charge in [0.15, 0.2) is 0 Å². The fraction of sp³-hybridized carbons (Fsp3) is 0.400. The van der Waals surface area contributed by atoms with Crippen molar-refractivity contribution in [2.75, 3.05) is 14.2 Å². The third-order valence-corrected chi connectivity index (χ3v) is 4.18. The molecule has 108 valence electrons. The summed E-state index contributed by atoms with van der Waals surface area (Å²) in [6, 6.07) is 4.19. The SMILES string of the molecule is CNCc1c(Br)c(-c2c(C)cc(C)cc2OC)nn1C. The van der Waals surface area contributed by atoms with E-state index < -0.39 is 0 Å². The largest absolute Gasteiger partial charge is 0.496 e. The summed E-state index contributed by atoms with van der Waals surface area (Å²) in [5.41, 5.74) is 5.43. The predicted octanol–water partition coefficient (Wildman–Crippen LogP) is 3.19. The van der Waals surface area contributed by atoms with Crippen LogP contribution in [0.15, 0.2) is 16.6 Å². The van der Waals surface area contributed by atoms with Gasteiger partial charge in [0.2, 0.25) is 0 Å². The lowest BCUT2D eigenvalue weighted by Crippen LogP contribution is -2.10. The van der Waals surface area contributed by atoms with Gasteiger partial charge in [0.1, 0.15) is 11.4 Å². The van der Waals surface area contributed by atoms with Crippen LogP contribution in [-0.4, -0.2) is 23.9 Å². The van der Waals surface area contributed by atoms with Gasteiger partial charge in [-0.3, -0.25) is 4.68 Å². The third-order valence-electron chi connectivity index (χ3n) is 3.35. The number of hydrogen-bond donors (Lipinski definition) is 1. The lowest BCUT2D eigenvalue weighted by Gasteiger charge is -2.11. The molecule has 0 atom stereocenters. The topological polar surface area (TPSA) is 39.1 Å². The molecule has 0 unspecified atom stereocenters. The van der Waals surface area contributed by atoms with E-state index in [0.29, 0.717) is 0 Å². The van der Waals surface area contributed by atoms with Gasteiger partial charge in [0, 0.05) is 19.2 Å². The molecule has 1 aromatic heterocycles. The van der Waals surface area contributed by atoms with Gasteiger partial charge in [0.25, 0.3) is 0 Å². The number of nitrogens with one attached hydrogen (secondary N) is 1. The number of nitrogens with zero attached hydrogens (tertiary/aromatic N) is 2. The molecule has 0 saturated carbocycles. The summed E-state index contributed by atoms with van der Waals surface area (Å²) in [7, 11) is 5.58. The number of benzene rings is 1. The summed E-state index contributed by atoms with van der Waals surface area (Å²) >= 11 is 3.68. The molecule has 1 heterocycles. The molecule has 20 heavy (non-hydrogen) atoms. The second kappa shape index (κ2) is 5.97. The van der Waals surface area contributed by atoms with E-state index in [0.717, 1.165) is 39.3 Å². The van der Waals surface area contributed by atoms with Gasteiger partial charge in [-0.2, -0.15) is 5.10 Å². The number of rotatable bonds is 4. The smallest absolute Gasteiger partial charge is 0.128 e. The van der Waals surface area contributed by atoms with E-state index in [1.54, 1.807) is 7.11 Å². The fourth-order valence-corrected chi connectivity index (χ4v) is 3.12. The van der Waals surface area contributed by atoms with E-state index in [1.165, 1.54) is 5.56 Å². The first-order valence-electron chi connectivity index (χ1n) is 6.51. The van der Waals surface area contributed by atoms with Crippen molar-refractivity contribution in [2.45, 2.75) is 20.4 Å². The third kappa shape index (κ3) is 2.60. The van der Waals surface area contributed by atoms with Crippen LogP contribution >= 0.6 is 15.9 Å². The summed E-state index contributed by atoms with van der Waals surface area (Å²) in [5, 5.41) is 7.81. The molecule has 1 aromatic carbocycles. The highest BCUT2D eigenvalue weighted by atomic mass is 79.9. The average Bonchev–Trinajstić information content (AvgIpc) is 2.66. The first kappa shape index (κ1) is 15.1. The van der Waals surface area contributed by atoms with E-state index in [4.69, 9.17) is 4.74 Å². The average molecular weight is 338 g/mol. The van der Waals surface area contributed by atoms with Crippen molar-refractivity contribution < 1.29 is 4.74 Å². The summed E-state index contributed by atoms with van der Waals surface area (Å²) in [5.74, 6) is 0.859. The van der Waals surface area contributed by atoms with Crippen LogP contribution in [0.3, 0.4) is 0 Å². The normalized spacial score (nSPS) is 10.9. The Morgan fingerprint density at radius 1 is 1.35 bits per heavy atom. The number of ether oxygens (including phenoxy) is 1. The monoisotopic (exact) mass is 337 g/mol. The van der Waals surface area contributed by atoms with Crippen LogP contribution in [-0.2, 0) is 13.6 Å². The Labute approximate surface area is 128 Å². The molecule has 0 aliphatic heterocycles. The molecule has 2 aromatic rings. The van der Waals surface area contributed by atoms with Gasteiger partial charge in [0.05, 0.1) is 17.3 Å². The van der Waals surface area contributed by atoms with Gasteiger partial charge in [-0.25, -0.2) is 0 Å². The van der Waals surface area contributed by atoms with Crippen LogP contribution in [0.1, 0.15) is 16.8 Å². The number of halogens is 1. The van der Waals surface area contributed by atoms with E-state index in [1.807, 2.05) is 24.8 Å². The Hall–Kier alpha value is -1.33. The van der Waals surface area contributed by atoms with E-state index in [-0.39, 0.29) is 0 Å². The standard InChI is InChI=1S/C15H20BrN3O/c1-9-6-10(2)13(12(7-9)20-5)15-14(16)11(8-17-3)19(4)18-15/h6-7,17H,8H2,1-5H3. The minimum absolute atomic E-state index is 0.761. The number of aromatic nitrogens is 2. The zero-order chi connectivity index (χ0) is 14.9. The second-order valence-corrected chi connectivity index (χ2v) is 5.72. The van der Waals surface area contributed by atoms with Crippen LogP contribution in [0.4, 0.5) is 0 Å². The minimum Gasteiger partial charge on any atom is -0.496 e. The maximum absolute atomic E-state index is 5.54. The highest BCUT2D eigenvalue weighted by molar-refractivity contribution is 9.10. The quantitative estimate of drug-likeness (QED) is 0.931. The molecule has 0 amide bonds. The molecule has 0 aliphatic rings. The first-order chi connectivity index (χ1) is 9.49. The molecular formula is C15H20BrN3O. The molecule has 4 nitrogen and oxygen atoms in total. The Morgan fingerprint density at radius 2 is 2.05 bits per heavy atom. The van der Waals surface area contributed by atoms with Crippen LogP contribution < -0.4 is 10.1 Å². The summed E-state index contributed by atoms with van der Waals surface area (Å²) in [4.78, 5) is 0. The molecule has 1 N–H and O–H groups in total. The van der Waals surface area contributed by atoms with Crippen molar-refractivity contribution in [3.63, 3.8) is 0 Å². The number of aryl methyl sites for hydroxylation is 3. The number of hydrogen-bond acceptors (Lipinski definition) is 3. The van der Waals surface area contributed by atoms with Gasteiger partial charge in [-0.05, 0) is 54.0 Å². The second-order valence-electron chi connectivity index (χ2n) is 4.92. The highest BCUT2D eigenvalue weighted by Crippen LogP contribution is 2.38. The minimum atomic E-state index is 0.761. The fourth-order valence-electron chi connectivity index (χ4n) is 2.45. The zero-order valence-corrected chi connectivity index (χ0v) is 14.1. The predicted molar refractivity (Wildman–Crippen MR) is 85.1 cm³/mol. The van der Waals surface area contributed by atoms with Gasteiger partial charge >= 0.3 is 0 Å². The molecule has 0 saturated heterocycles. The molecular weight excluding hydrogens is 318 g/mol. The van der Waals surface area contributed by atoms with Gasteiger partial charge in [-0.1, -0.05) is 6.07 Å². The van der Waals surface area contributed by atoms with Gasteiger partial charge < -0.3 is 10.1 Å². The number of methoxy groups -OCH3 is 1. The van der Waals surface area contributed by atoms with E-state index in [2.05, 4.69) is 46.3 Å². The summed E-state index contributed by atoms with van der Waals surface area (Å²) in [6.45, 7) is 4.92. The lowest BCUT2D eigenvalue weighted by molar-refractivity contribution is 0.415. The van der Waals surface area contributed by atoms with Crippen molar-refractivity contribution >= 4 is 15.9 Å². The van der Waals surface area contributed by atoms with Crippen molar-refractivity contribution in [1.82, 2.24) is 15.1 Å². The Morgan fingerprint density at radius 3 is 2.65 bits per heavy atom. The van der Waals surface area contributed by atoms with E-state index >= 15 is 0 Å². The molecule has 0 spiro atoms. The Balaban J connectivity index is 2.66. The zero-order valence-electron chi connectivity index (χ0n) is 12.5. The van der Waals surface area contributed by atoms with Crippen LogP contribution in [0.5, 0.6) is 5.75 Å². The van der Waals surface area contributed by atoms with Crippen molar-refractivity contribution in [2.24, 2.45) is 7.05 Å². The van der Waals surface area contributed by atoms with Crippen LogP contribution in [0.25, 0.3) is 11.3 Å². The molecule has 0 aliphatic carbocycles.